The summed E-state index contributed by atoms with van der Waals surface area (Å²) in [5.74, 6) is -6.13. The number of hydrogen-bond donors (Lipinski definition) is 9. The smallest absolute Gasteiger partial charge is 0.303 e. The second-order valence-corrected chi connectivity index (χ2v) is 9.19. The maximum absolute atomic E-state index is 13.2. The molecule has 0 aromatic heterocycles. The fourth-order valence-electron chi connectivity index (χ4n) is 3.82. The van der Waals surface area contributed by atoms with Crippen LogP contribution in [0.4, 0.5) is 0 Å². The van der Waals surface area contributed by atoms with Gasteiger partial charge in [-0.1, -0.05) is 0 Å². The van der Waals surface area contributed by atoms with Crippen LogP contribution in [0.3, 0.4) is 0 Å². The Morgan fingerprint density at radius 3 is 1.62 bits per heavy atom. The molecule has 1 aliphatic heterocycles. The third-order valence-electron chi connectivity index (χ3n) is 5.92. The molecule has 4 atom stereocenters. The van der Waals surface area contributed by atoms with Crippen LogP contribution in [0.5, 0.6) is 0 Å². The lowest BCUT2D eigenvalue weighted by Gasteiger charge is -2.25. The normalized spacial score (nSPS) is 23.3. The topological polar surface area (TPSA) is 278 Å². The highest BCUT2D eigenvalue weighted by molar-refractivity contribution is 5.98. The van der Waals surface area contributed by atoms with Crippen LogP contribution < -0.4 is 43.8 Å². The molecular weight excluding hydrogens is 516 g/mol. The summed E-state index contributed by atoms with van der Waals surface area (Å²) in [6.07, 6.45) is 0.845. The molecule has 16 heteroatoms. The second-order valence-electron chi connectivity index (χ2n) is 9.19. The van der Waals surface area contributed by atoms with Crippen LogP contribution >= 0.6 is 0 Å². The summed E-state index contributed by atoms with van der Waals surface area (Å²) in [6.45, 7) is 0.0822. The molecule has 220 valence electrons. The van der Waals surface area contributed by atoms with Crippen molar-refractivity contribution in [1.29, 1.82) is 0 Å². The first-order valence-corrected chi connectivity index (χ1v) is 12.9. The quantitative estimate of drug-likeness (QED) is 0.0992. The van der Waals surface area contributed by atoms with E-state index in [0.29, 0.717) is 38.8 Å². The molecule has 1 rings (SSSR count). The van der Waals surface area contributed by atoms with Crippen molar-refractivity contribution in [3.05, 3.63) is 0 Å². The minimum atomic E-state index is -1.44. The van der Waals surface area contributed by atoms with Gasteiger partial charge in [0.1, 0.15) is 24.2 Å². The second kappa shape index (κ2) is 17.7. The maximum atomic E-state index is 13.2. The van der Waals surface area contributed by atoms with E-state index in [0.717, 1.165) is 0 Å². The van der Waals surface area contributed by atoms with Gasteiger partial charge in [-0.3, -0.25) is 33.6 Å². The molecule has 1 fully saturated rings. The van der Waals surface area contributed by atoms with E-state index in [2.05, 4.69) is 26.6 Å². The van der Waals surface area contributed by atoms with Crippen molar-refractivity contribution in [3.8, 4) is 0 Å². The summed E-state index contributed by atoms with van der Waals surface area (Å²) in [6, 6.07) is -5.11. The summed E-state index contributed by atoms with van der Waals surface area (Å²) in [5.41, 5.74) is 16.3. The predicted molar refractivity (Wildman–Crippen MR) is 137 cm³/mol. The van der Waals surface area contributed by atoms with Crippen LogP contribution in [0.2, 0.25) is 0 Å². The zero-order valence-corrected chi connectivity index (χ0v) is 21.8. The van der Waals surface area contributed by atoms with Gasteiger partial charge in [0.05, 0.1) is 13.0 Å². The average Bonchev–Trinajstić information content (AvgIpc) is 2.87. The lowest BCUT2D eigenvalue weighted by Crippen LogP contribution is -2.57. The minimum absolute atomic E-state index is 0.0983. The molecule has 0 bridgehead atoms. The van der Waals surface area contributed by atoms with Crippen molar-refractivity contribution in [3.63, 3.8) is 0 Å². The van der Waals surface area contributed by atoms with Crippen molar-refractivity contribution >= 4 is 41.4 Å². The molecule has 1 saturated heterocycles. The number of carboxylic acid groups (broad SMARTS) is 1. The molecule has 0 radical (unpaired) electrons. The van der Waals surface area contributed by atoms with Gasteiger partial charge >= 0.3 is 5.97 Å². The van der Waals surface area contributed by atoms with Crippen LogP contribution in [-0.4, -0.2) is 90.3 Å². The summed E-state index contributed by atoms with van der Waals surface area (Å²) in [5, 5.41) is 21.3. The fraction of sp³-hybridized carbons (Fsp3) is 0.696. The Bertz CT molecular complexity index is 899. The van der Waals surface area contributed by atoms with Gasteiger partial charge in [-0.2, -0.15) is 0 Å². The summed E-state index contributed by atoms with van der Waals surface area (Å²) >= 11 is 0. The van der Waals surface area contributed by atoms with E-state index in [1.807, 2.05) is 0 Å². The number of hydrogen-bond acceptors (Lipinski definition) is 9. The van der Waals surface area contributed by atoms with Crippen LogP contribution in [-0.2, 0) is 33.6 Å². The first-order valence-electron chi connectivity index (χ1n) is 12.9. The molecule has 1 aliphatic rings. The lowest BCUT2D eigenvalue weighted by molar-refractivity contribution is -0.138. The third kappa shape index (κ3) is 13.0. The zero-order chi connectivity index (χ0) is 29.4. The number of carbonyl (C=O) groups excluding carboxylic acids is 6. The molecule has 0 aromatic rings. The standard InChI is InChI=1S/C23H40N8O8/c24-9-3-1-5-13-20(36)27-12-18(33)28-16(11-17(26)32)23(39)30-14(6-2-4-10-25)21(37)31-15(22(38)29-13)7-8-19(34)35/h13-16H,1-12,24-25H2,(H2,26,32)(H,27,36)(H,28,33)(H,29,38)(H,30,39)(H,31,37)(H,34,35)/t13-,14-,15-,16-/m0/s1. The highest BCUT2D eigenvalue weighted by Gasteiger charge is 2.32. The van der Waals surface area contributed by atoms with E-state index in [1.54, 1.807) is 0 Å². The number of carbonyl (C=O) groups is 7. The molecule has 16 nitrogen and oxygen atoms in total. The lowest BCUT2D eigenvalue weighted by atomic mass is 10.0. The van der Waals surface area contributed by atoms with E-state index >= 15 is 0 Å². The molecular formula is C23H40N8O8. The number of nitrogens with one attached hydrogen (secondary N) is 5. The Morgan fingerprint density at radius 2 is 1.15 bits per heavy atom. The van der Waals surface area contributed by atoms with Crippen molar-refractivity contribution in [2.24, 2.45) is 17.2 Å². The highest BCUT2D eigenvalue weighted by Crippen LogP contribution is 2.08. The molecule has 0 saturated carbocycles. The summed E-state index contributed by atoms with van der Waals surface area (Å²) in [7, 11) is 0. The van der Waals surface area contributed by atoms with E-state index < -0.39 is 85.0 Å². The predicted octanol–water partition coefficient (Wildman–Crippen LogP) is -3.95. The van der Waals surface area contributed by atoms with Gasteiger partial charge < -0.3 is 48.9 Å². The maximum Gasteiger partial charge on any atom is 0.303 e. The van der Waals surface area contributed by atoms with Crippen LogP contribution in [0.25, 0.3) is 0 Å². The van der Waals surface area contributed by atoms with Crippen molar-refractivity contribution in [1.82, 2.24) is 26.6 Å². The van der Waals surface area contributed by atoms with Gasteiger partial charge in [-0.15, -0.1) is 0 Å². The highest BCUT2D eigenvalue weighted by atomic mass is 16.4. The van der Waals surface area contributed by atoms with E-state index in [-0.39, 0.29) is 19.3 Å². The van der Waals surface area contributed by atoms with Crippen LogP contribution in [0.1, 0.15) is 57.8 Å². The number of aliphatic carboxylic acids is 1. The zero-order valence-electron chi connectivity index (χ0n) is 21.8. The first-order chi connectivity index (χ1) is 18.5. The van der Waals surface area contributed by atoms with Gasteiger partial charge in [-0.25, -0.2) is 0 Å². The van der Waals surface area contributed by atoms with Gasteiger partial charge in [0.15, 0.2) is 0 Å². The number of rotatable bonds is 13. The molecule has 0 spiro atoms. The van der Waals surface area contributed by atoms with E-state index in [4.69, 9.17) is 22.3 Å². The number of primary amides is 1. The third-order valence-corrected chi connectivity index (χ3v) is 5.92. The average molecular weight is 557 g/mol. The Kier molecular flexibility index (Phi) is 15.1. The molecule has 0 aliphatic carbocycles. The Labute approximate surface area is 225 Å². The monoisotopic (exact) mass is 556 g/mol. The number of amides is 6. The van der Waals surface area contributed by atoms with Gasteiger partial charge in [0, 0.05) is 6.42 Å². The summed E-state index contributed by atoms with van der Waals surface area (Å²) < 4.78 is 0. The molecule has 39 heavy (non-hydrogen) atoms. The molecule has 1 heterocycles. The molecule has 0 aromatic carbocycles. The minimum Gasteiger partial charge on any atom is -0.481 e. The van der Waals surface area contributed by atoms with E-state index in [9.17, 15) is 33.6 Å². The number of carboxylic acids is 1. The van der Waals surface area contributed by atoms with Gasteiger partial charge in [-0.05, 0) is 58.0 Å². The molecule has 6 amide bonds. The van der Waals surface area contributed by atoms with Crippen molar-refractivity contribution < 1.29 is 38.7 Å². The van der Waals surface area contributed by atoms with Crippen LogP contribution in [0, 0.1) is 0 Å². The van der Waals surface area contributed by atoms with Crippen LogP contribution in [0.15, 0.2) is 0 Å². The Morgan fingerprint density at radius 1 is 0.692 bits per heavy atom. The Balaban J connectivity index is 3.38. The van der Waals surface area contributed by atoms with Gasteiger partial charge in [0.2, 0.25) is 35.4 Å². The van der Waals surface area contributed by atoms with Crippen molar-refractivity contribution in [2.75, 3.05) is 19.6 Å². The summed E-state index contributed by atoms with van der Waals surface area (Å²) in [4.78, 5) is 87.3. The molecule has 0 unspecified atom stereocenters. The first kappa shape index (κ1) is 33.2. The van der Waals surface area contributed by atoms with E-state index in [1.165, 1.54) is 0 Å². The number of unbranched alkanes of at least 4 members (excludes halogenated alkanes) is 2. The fourth-order valence-corrected chi connectivity index (χ4v) is 3.82. The Hall–Kier alpha value is -3.79. The van der Waals surface area contributed by atoms with Gasteiger partial charge in [0.25, 0.3) is 0 Å². The van der Waals surface area contributed by atoms with Crippen molar-refractivity contribution in [2.45, 2.75) is 82.0 Å². The number of nitrogens with two attached hydrogens (primary N) is 3. The largest absolute Gasteiger partial charge is 0.481 e. The molecule has 12 N–H and O–H groups in total. The SMILES string of the molecule is NCCCC[C@@H]1NC(=O)[C@H](CCC(=O)O)NC(=O)[C@H](CCCCN)NC(=O)[C@H](CC(N)=O)NC(=O)CNC1=O.